The van der Waals surface area contributed by atoms with Crippen LogP contribution >= 0.6 is 0 Å². The highest BCUT2D eigenvalue weighted by Gasteiger charge is 2.30. The van der Waals surface area contributed by atoms with Crippen molar-refractivity contribution in [3.63, 3.8) is 0 Å². The van der Waals surface area contributed by atoms with E-state index in [1.165, 1.54) is 4.31 Å². The van der Waals surface area contributed by atoms with Crippen molar-refractivity contribution in [2.45, 2.75) is 23.8 Å². The lowest BCUT2D eigenvalue weighted by molar-refractivity contribution is 0.181. The van der Waals surface area contributed by atoms with Crippen molar-refractivity contribution in [1.29, 1.82) is 0 Å². The van der Waals surface area contributed by atoms with E-state index in [9.17, 15) is 8.42 Å². The number of ether oxygens (including phenoxy) is 1. The number of rotatable bonds is 4. The van der Waals surface area contributed by atoms with Gasteiger partial charge in [0.25, 0.3) is 0 Å². The van der Waals surface area contributed by atoms with Crippen LogP contribution in [-0.2, 0) is 14.8 Å². The molecular formula is C15H19NO4S. The smallest absolute Gasteiger partial charge is 0.243 e. The first-order valence-electron chi connectivity index (χ1n) is 6.81. The molecule has 0 amide bonds. The number of aliphatic hydroxyl groups is 1. The number of hydrogen-bond donors (Lipinski definition) is 1. The van der Waals surface area contributed by atoms with Gasteiger partial charge in [-0.1, -0.05) is 11.8 Å². The fourth-order valence-electron chi connectivity index (χ4n) is 2.10. The van der Waals surface area contributed by atoms with Crippen LogP contribution in [0.3, 0.4) is 0 Å². The molecule has 1 N–H and O–H groups in total. The second-order valence-electron chi connectivity index (χ2n) is 4.84. The molecule has 1 atom stereocenters. The molecule has 1 saturated heterocycles. The molecular weight excluding hydrogens is 290 g/mol. The Hall–Kier alpha value is -1.39. The molecule has 0 aromatic heterocycles. The Morgan fingerprint density at radius 1 is 1.38 bits per heavy atom. The van der Waals surface area contributed by atoms with Crippen LogP contribution in [0.1, 0.15) is 18.4 Å². The average Bonchev–Trinajstić information content (AvgIpc) is 3.01. The summed E-state index contributed by atoms with van der Waals surface area (Å²) < 4.78 is 31.6. The number of hydrogen-bond acceptors (Lipinski definition) is 4. The van der Waals surface area contributed by atoms with Gasteiger partial charge in [0.05, 0.1) is 24.2 Å². The molecule has 21 heavy (non-hydrogen) atoms. The highest BCUT2D eigenvalue weighted by molar-refractivity contribution is 7.89. The Morgan fingerprint density at radius 3 is 2.67 bits per heavy atom. The molecule has 1 aliphatic rings. The minimum absolute atomic E-state index is 0.0215. The predicted octanol–water partition coefficient (Wildman–Crippen LogP) is 0.830. The van der Waals surface area contributed by atoms with Crippen molar-refractivity contribution in [2.75, 3.05) is 26.9 Å². The largest absolute Gasteiger partial charge is 0.395 e. The predicted molar refractivity (Wildman–Crippen MR) is 79.2 cm³/mol. The highest BCUT2D eigenvalue weighted by atomic mass is 32.2. The molecule has 1 heterocycles. The van der Waals surface area contributed by atoms with E-state index >= 15 is 0 Å². The molecule has 6 heteroatoms. The number of likely N-dealkylation sites (N-methyl/N-ethyl adjacent to an activating group) is 1. The van der Waals surface area contributed by atoms with Crippen LogP contribution in [0.5, 0.6) is 0 Å². The van der Waals surface area contributed by atoms with Gasteiger partial charge in [0.15, 0.2) is 0 Å². The van der Waals surface area contributed by atoms with E-state index in [-0.39, 0.29) is 17.5 Å². The van der Waals surface area contributed by atoms with Crippen LogP contribution in [0.25, 0.3) is 0 Å². The lowest BCUT2D eigenvalue weighted by atomic mass is 10.2. The molecule has 0 bridgehead atoms. The maximum Gasteiger partial charge on any atom is 0.243 e. The summed E-state index contributed by atoms with van der Waals surface area (Å²) in [6.07, 6.45) is 1.13. The summed E-state index contributed by atoms with van der Waals surface area (Å²) in [4.78, 5) is 0.254. The third kappa shape index (κ3) is 3.83. The van der Waals surface area contributed by atoms with Crippen LogP contribution < -0.4 is 0 Å². The molecule has 0 radical (unpaired) electrons. The van der Waals surface area contributed by atoms with Crippen molar-refractivity contribution in [3.8, 4) is 11.8 Å². The number of benzene rings is 1. The topological polar surface area (TPSA) is 66.8 Å². The normalized spacial score (nSPS) is 18.5. The zero-order chi connectivity index (χ0) is 15.3. The second-order valence-corrected chi connectivity index (χ2v) is 6.84. The van der Waals surface area contributed by atoms with Crippen molar-refractivity contribution in [3.05, 3.63) is 29.8 Å². The molecule has 1 unspecified atom stereocenters. The van der Waals surface area contributed by atoms with Gasteiger partial charge >= 0.3 is 0 Å². The van der Waals surface area contributed by atoms with Crippen LogP contribution in [0, 0.1) is 11.8 Å². The van der Waals surface area contributed by atoms with Gasteiger partial charge in [-0.05, 0) is 30.7 Å². The van der Waals surface area contributed by atoms with E-state index < -0.39 is 10.0 Å². The third-order valence-corrected chi connectivity index (χ3v) is 5.34. The maximum absolute atomic E-state index is 12.5. The summed E-state index contributed by atoms with van der Waals surface area (Å²) in [6.45, 7) is 1.07. The van der Waals surface area contributed by atoms with Gasteiger partial charge in [-0.2, -0.15) is 4.31 Å². The second kappa shape index (κ2) is 7.05. The van der Waals surface area contributed by atoms with Gasteiger partial charge in [0.2, 0.25) is 10.0 Å². The summed E-state index contributed by atoms with van der Waals surface area (Å²) in [5, 5.41) is 8.66. The first kappa shape index (κ1) is 16.0. The van der Waals surface area contributed by atoms with Crippen molar-refractivity contribution in [1.82, 2.24) is 4.31 Å². The Labute approximate surface area is 125 Å². The number of sulfonamides is 1. The van der Waals surface area contributed by atoms with Crippen molar-refractivity contribution < 1.29 is 18.3 Å². The van der Waals surface area contributed by atoms with Crippen LogP contribution in [0.15, 0.2) is 29.2 Å². The van der Waals surface area contributed by atoms with E-state index in [0.717, 1.165) is 12.0 Å². The molecule has 0 spiro atoms. The SMILES string of the molecule is CN(C1CCOC1)S(=O)(=O)c1ccc(C#CCCO)cc1. The molecule has 1 fully saturated rings. The van der Waals surface area contributed by atoms with Crippen molar-refractivity contribution in [2.24, 2.45) is 0 Å². The lowest BCUT2D eigenvalue weighted by Gasteiger charge is -2.22. The van der Waals surface area contributed by atoms with Gasteiger partial charge < -0.3 is 9.84 Å². The van der Waals surface area contributed by atoms with Gasteiger partial charge in [-0.3, -0.25) is 0 Å². The third-order valence-electron chi connectivity index (χ3n) is 3.42. The lowest BCUT2D eigenvalue weighted by Crippen LogP contribution is -2.37. The fourth-order valence-corrected chi connectivity index (χ4v) is 3.47. The van der Waals surface area contributed by atoms with E-state index in [4.69, 9.17) is 9.84 Å². The van der Waals surface area contributed by atoms with Gasteiger partial charge in [0, 0.05) is 25.6 Å². The maximum atomic E-state index is 12.5. The zero-order valence-corrected chi connectivity index (χ0v) is 12.8. The van der Waals surface area contributed by atoms with Crippen LogP contribution in [0.4, 0.5) is 0 Å². The van der Waals surface area contributed by atoms with Gasteiger partial charge in [-0.15, -0.1) is 0 Å². The molecule has 5 nitrogen and oxygen atoms in total. The standard InChI is InChI=1S/C15H19NO4S/c1-16(14-9-11-20-12-14)21(18,19)15-7-5-13(6-8-15)4-2-3-10-17/h5-8,14,17H,3,9-12H2,1H3. The minimum Gasteiger partial charge on any atom is -0.395 e. The first-order valence-corrected chi connectivity index (χ1v) is 8.25. The summed E-state index contributed by atoms with van der Waals surface area (Å²) in [7, 11) is -1.91. The molecule has 1 aliphatic heterocycles. The van der Waals surface area contributed by atoms with Gasteiger partial charge in [-0.25, -0.2) is 8.42 Å². The summed E-state index contributed by atoms with van der Waals surface area (Å²) in [5.74, 6) is 5.67. The number of aliphatic hydroxyl groups excluding tert-OH is 1. The molecule has 0 saturated carbocycles. The average molecular weight is 309 g/mol. The Bertz CT molecular complexity index is 622. The quantitative estimate of drug-likeness (QED) is 0.837. The van der Waals surface area contributed by atoms with E-state index in [2.05, 4.69) is 11.8 Å². The zero-order valence-electron chi connectivity index (χ0n) is 11.9. The van der Waals surface area contributed by atoms with E-state index in [1.807, 2.05) is 0 Å². The minimum atomic E-state index is -3.50. The monoisotopic (exact) mass is 309 g/mol. The Balaban J connectivity index is 2.15. The summed E-state index contributed by atoms with van der Waals surface area (Å²) in [5.41, 5.74) is 0.731. The highest BCUT2D eigenvalue weighted by Crippen LogP contribution is 2.21. The van der Waals surface area contributed by atoms with Gasteiger partial charge in [0.1, 0.15) is 0 Å². The molecule has 1 aromatic carbocycles. The fraction of sp³-hybridized carbons (Fsp3) is 0.467. The molecule has 2 rings (SSSR count). The van der Waals surface area contributed by atoms with Crippen LogP contribution in [-0.4, -0.2) is 50.7 Å². The number of nitrogens with zero attached hydrogens (tertiary/aromatic N) is 1. The van der Waals surface area contributed by atoms with Crippen LogP contribution in [0.2, 0.25) is 0 Å². The van der Waals surface area contributed by atoms with Crippen molar-refractivity contribution >= 4 is 10.0 Å². The summed E-state index contributed by atoms with van der Waals surface area (Å²) in [6, 6.07) is 6.38. The summed E-state index contributed by atoms with van der Waals surface area (Å²) >= 11 is 0. The van der Waals surface area contributed by atoms with E-state index in [1.54, 1.807) is 31.3 Å². The molecule has 0 aliphatic carbocycles. The first-order chi connectivity index (χ1) is 10.1. The Kier molecular flexibility index (Phi) is 5.37. The molecule has 114 valence electrons. The Morgan fingerprint density at radius 2 is 2.10 bits per heavy atom. The van der Waals surface area contributed by atoms with E-state index in [0.29, 0.717) is 19.6 Å². The molecule has 1 aromatic rings.